The molecule has 2 atom stereocenters. The minimum absolute atomic E-state index is 0.0630. The van der Waals surface area contributed by atoms with Gasteiger partial charge in [-0.05, 0) is 31.5 Å². The Morgan fingerprint density at radius 1 is 1.50 bits per heavy atom. The molecule has 0 aromatic heterocycles. The van der Waals surface area contributed by atoms with E-state index in [1.807, 2.05) is 24.3 Å². The fraction of sp³-hybridized carbons (Fsp3) is 0.533. The topological polar surface area (TPSA) is 59.6 Å². The van der Waals surface area contributed by atoms with Crippen LogP contribution in [0.15, 0.2) is 24.3 Å². The highest BCUT2D eigenvalue weighted by atomic mass is 16.5. The summed E-state index contributed by atoms with van der Waals surface area (Å²) in [7, 11) is 1.50. The van der Waals surface area contributed by atoms with Crippen LogP contribution in [0.2, 0.25) is 0 Å². The average Bonchev–Trinajstić information content (AvgIpc) is 2.93. The second-order valence-electron chi connectivity index (χ2n) is 5.12. The van der Waals surface area contributed by atoms with E-state index in [2.05, 4.69) is 17.6 Å². The Morgan fingerprint density at radius 2 is 2.30 bits per heavy atom. The monoisotopic (exact) mass is 278 g/mol. The molecular formula is C15H22N2O3. The second-order valence-corrected chi connectivity index (χ2v) is 5.12. The van der Waals surface area contributed by atoms with Crippen LogP contribution in [0.25, 0.3) is 0 Å². The number of carbonyl (C=O) groups is 1. The van der Waals surface area contributed by atoms with E-state index in [-0.39, 0.29) is 12.5 Å². The van der Waals surface area contributed by atoms with Gasteiger partial charge in [-0.25, -0.2) is 0 Å². The van der Waals surface area contributed by atoms with Crippen molar-refractivity contribution in [3.63, 3.8) is 0 Å². The van der Waals surface area contributed by atoms with Crippen LogP contribution in [0.3, 0.4) is 0 Å². The van der Waals surface area contributed by atoms with Crippen LogP contribution in [0.1, 0.15) is 13.3 Å². The van der Waals surface area contributed by atoms with Crippen LogP contribution in [0.5, 0.6) is 0 Å². The molecule has 2 N–H and O–H groups in total. The van der Waals surface area contributed by atoms with Crippen molar-refractivity contribution in [3.05, 3.63) is 24.3 Å². The number of carbonyl (C=O) groups excluding carboxylic acids is 1. The number of anilines is 2. The van der Waals surface area contributed by atoms with Crippen molar-refractivity contribution in [2.45, 2.75) is 19.4 Å². The van der Waals surface area contributed by atoms with Gasteiger partial charge in [-0.1, -0.05) is 6.07 Å². The highest BCUT2D eigenvalue weighted by molar-refractivity contribution is 5.92. The Labute approximate surface area is 119 Å². The van der Waals surface area contributed by atoms with Gasteiger partial charge in [0.2, 0.25) is 5.91 Å². The van der Waals surface area contributed by atoms with E-state index in [1.165, 1.54) is 7.11 Å². The minimum Gasteiger partial charge on any atom is -0.382 e. The quantitative estimate of drug-likeness (QED) is 0.836. The lowest BCUT2D eigenvalue weighted by molar-refractivity contribution is -0.119. The van der Waals surface area contributed by atoms with Crippen LogP contribution in [0, 0.1) is 5.92 Å². The summed E-state index contributed by atoms with van der Waals surface area (Å²) >= 11 is 0. The van der Waals surface area contributed by atoms with E-state index in [0.717, 1.165) is 31.0 Å². The lowest BCUT2D eigenvalue weighted by Gasteiger charge is -2.21. The molecule has 1 aromatic rings. The van der Waals surface area contributed by atoms with Gasteiger partial charge in [-0.15, -0.1) is 0 Å². The van der Waals surface area contributed by atoms with E-state index >= 15 is 0 Å². The predicted molar refractivity (Wildman–Crippen MR) is 79.0 cm³/mol. The molecule has 2 unspecified atom stereocenters. The summed E-state index contributed by atoms with van der Waals surface area (Å²) in [6, 6.07) is 8.06. The molecule has 20 heavy (non-hydrogen) atoms. The third-order valence-electron chi connectivity index (χ3n) is 3.49. The smallest absolute Gasteiger partial charge is 0.250 e. The number of hydrogen-bond donors (Lipinski definition) is 2. The molecule has 0 saturated carbocycles. The molecule has 0 aliphatic carbocycles. The highest BCUT2D eigenvalue weighted by Crippen LogP contribution is 2.22. The minimum atomic E-state index is -0.151. The molecule has 1 fully saturated rings. The Bertz CT molecular complexity index is 444. The maximum atomic E-state index is 11.5. The molecule has 2 rings (SSSR count). The number of hydrogen-bond acceptors (Lipinski definition) is 4. The maximum Gasteiger partial charge on any atom is 0.250 e. The Balaban J connectivity index is 1.93. The summed E-state index contributed by atoms with van der Waals surface area (Å²) in [4.78, 5) is 11.5. The number of benzene rings is 1. The summed E-state index contributed by atoms with van der Waals surface area (Å²) in [5.41, 5.74) is 1.77. The van der Waals surface area contributed by atoms with Crippen LogP contribution in [0.4, 0.5) is 11.4 Å². The number of ether oxygens (including phenoxy) is 2. The summed E-state index contributed by atoms with van der Waals surface area (Å²) in [6.07, 6.45) is 1.10. The van der Waals surface area contributed by atoms with Gasteiger partial charge in [0, 0.05) is 37.1 Å². The number of amides is 1. The van der Waals surface area contributed by atoms with Gasteiger partial charge < -0.3 is 20.1 Å². The van der Waals surface area contributed by atoms with Crippen molar-refractivity contribution in [1.82, 2.24) is 0 Å². The third-order valence-corrected chi connectivity index (χ3v) is 3.49. The van der Waals surface area contributed by atoms with E-state index in [1.54, 1.807) is 0 Å². The number of rotatable bonds is 6. The van der Waals surface area contributed by atoms with Crippen molar-refractivity contribution >= 4 is 17.3 Å². The highest BCUT2D eigenvalue weighted by Gasteiger charge is 2.22. The lowest BCUT2D eigenvalue weighted by atomic mass is 10.0. The van der Waals surface area contributed by atoms with Crippen LogP contribution in [-0.2, 0) is 14.3 Å². The first-order valence-corrected chi connectivity index (χ1v) is 6.92. The van der Waals surface area contributed by atoms with Crippen molar-refractivity contribution in [3.8, 4) is 0 Å². The van der Waals surface area contributed by atoms with Gasteiger partial charge in [-0.2, -0.15) is 0 Å². The third kappa shape index (κ3) is 4.21. The zero-order valence-corrected chi connectivity index (χ0v) is 12.0. The van der Waals surface area contributed by atoms with Gasteiger partial charge >= 0.3 is 0 Å². The predicted octanol–water partition coefficient (Wildman–Crippen LogP) is 2.11. The van der Waals surface area contributed by atoms with Crippen molar-refractivity contribution in [1.29, 1.82) is 0 Å². The summed E-state index contributed by atoms with van der Waals surface area (Å²) in [5, 5.41) is 6.26. The van der Waals surface area contributed by atoms with Crippen molar-refractivity contribution < 1.29 is 14.3 Å². The molecule has 0 radical (unpaired) electrons. The van der Waals surface area contributed by atoms with E-state index in [0.29, 0.717) is 12.0 Å². The molecule has 1 heterocycles. The first-order chi connectivity index (χ1) is 9.69. The van der Waals surface area contributed by atoms with Gasteiger partial charge in [0.05, 0.1) is 6.61 Å². The number of nitrogens with one attached hydrogen (secondary N) is 2. The van der Waals surface area contributed by atoms with Crippen LogP contribution in [-0.4, -0.2) is 38.9 Å². The van der Waals surface area contributed by atoms with Crippen molar-refractivity contribution in [2.24, 2.45) is 5.92 Å². The summed E-state index contributed by atoms with van der Waals surface area (Å²) < 4.78 is 10.2. The molecule has 1 aromatic carbocycles. The number of methoxy groups -OCH3 is 1. The summed E-state index contributed by atoms with van der Waals surface area (Å²) in [5.74, 6) is 0.392. The first kappa shape index (κ1) is 14.8. The second kappa shape index (κ2) is 7.26. The van der Waals surface area contributed by atoms with E-state index in [9.17, 15) is 4.79 Å². The van der Waals surface area contributed by atoms with Crippen LogP contribution >= 0.6 is 0 Å². The first-order valence-electron chi connectivity index (χ1n) is 6.92. The molecule has 1 aliphatic heterocycles. The standard InChI is InChI=1S/C15H22N2O3/c1-11(12-6-7-20-9-12)16-13-4-3-5-14(8-13)17-15(18)10-19-2/h3-5,8,11-12,16H,6-7,9-10H2,1-2H3,(H,17,18). The Hall–Kier alpha value is -1.59. The van der Waals surface area contributed by atoms with Gasteiger partial charge in [-0.3, -0.25) is 4.79 Å². The normalized spacial score (nSPS) is 19.6. The maximum absolute atomic E-state index is 11.5. The molecule has 5 heteroatoms. The molecule has 0 bridgehead atoms. The fourth-order valence-corrected chi connectivity index (χ4v) is 2.34. The largest absolute Gasteiger partial charge is 0.382 e. The molecular weight excluding hydrogens is 256 g/mol. The SMILES string of the molecule is COCC(=O)Nc1cccc(NC(C)C2CCOC2)c1. The molecule has 0 spiro atoms. The van der Waals surface area contributed by atoms with Gasteiger partial charge in [0.25, 0.3) is 0 Å². The Morgan fingerprint density at radius 3 is 3.00 bits per heavy atom. The molecule has 5 nitrogen and oxygen atoms in total. The van der Waals surface area contributed by atoms with E-state index < -0.39 is 0 Å². The average molecular weight is 278 g/mol. The van der Waals surface area contributed by atoms with E-state index in [4.69, 9.17) is 9.47 Å². The zero-order chi connectivity index (χ0) is 14.4. The van der Waals surface area contributed by atoms with Gasteiger partial charge in [0.1, 0.15) is 6.61 Å². The fourth-order valence-electron chi connectivity index (χ4n) is 2.34. The lowest BCUT2D eigenvalue weighted by Crippen LogP contribution is -2.26. The molecule has 1 saturated heterocycles. The Kier molecular flexibility index (Phi) is 5.38. The van der Waals surface area contributed by atoms with Gasteiger partial charge in [0.15, 0.2) is 0 Å². The molecule has 110 valence electrons. The van der Waals surface area contributed by atoms with Crippen molar-refractivity contribution in [2.75, 3.05) is 37.6 Å². The summed E-state index contributed by atoms with van der Waals surface area (Å²) in [6.45, 7) is 3.89. The molecule has 1 amide bonds. The van der Waals surface area contributed by atoms with Crippen LogP contribution < -0.4 is 10.6 Å². The zero-order valence-electron chi connectivity index (χ0n) is 12.0. The molecule has 1 aliphatic rings.